The summed E-state index contributed by atoms with van der Waals surface area (Å²) in [6, 6.07) is 8.52. The Kier molecular flexibility index (Phi) is 5.94. The normalized spacial score (nSPS) is 19.2. The molecule has 1 aromatic carbocycles. The molecule has 0 radical (unpaired) electrons. The third-order valence-corrected chi connectivity index (χ3v) is 5.84. The molecular formula is C22H25FN4O3. The van der Waals surface area contributed by atoms with Gasteiger partial charge < -0.3 is 14.8 Å². The smallest absolute Gasteiger partial charge is 0.257 e. The maximum absolute atomic E-state index is 13.0. The van der Waals surface area contributed by atoms with Gasteiger partial charge in [-0.15, -0.1) is 0 Å². The number of pyridine rings is 1. The van der Waals surface area contributed by atoms with E-state index in [1.165, 1.54) is 60.0 Å². The fourth-order valence-corrected chi connectivity index (χ4v) is 4.15. The van der Waals surface area contributed by atoms with Gasteiger partial charge in [0.25, 0.3) is 11.5 Å². The molecule has 1 N–H and O–H groups in total. The number of hydrogen-bond donors (Lipinski definition) is 1. The van der Waals surface area contributed by atoms with E-state index in [1.807, 2.05) is 4.90 Å². The van der Waals surface area contributed by atoms with Crippen LogP contribution in [0.2, 0.25) is 0 Å². The van der Waals surface area contributed by atoms with Crippen LogP contribution in [0, 0.1) is 5.82 Å². The summed E-state index contributed by atoms with van der Waals surface area (Å²) in [4.78, 5) is 41.8. The topological polar surface area (TPSA) is 74.6 Å². The molecule has 2 saturated heterocycles. The summed E-state index contributed by atoms with van der Waals surface area (Å²) in [6.07, 6.45) is 4.90. The average Bonchev–Trinajstić information content (AvgIpc) is 2.76. The minimum Gasteiger partial charge on any atom is -0.338 e. The lowest BCUT2D eigenvalue weighted by Gasteiger charge is -2.44. The number of hydrogen-bond acceptors (Lipinski definition) is 4. The van der Waals surface area contributed by atoms with Crippen LogP contribution in [-0.4, -0.2) is 58.4 Å². The molecule has 158 valence electrons. The molecule has 2 fully saturated rings. The predicted octanol–water partition coefficient (Wildman–Crippen LogP) is 1.94. The Morgan fingerprint density at radius 3 is 2.63 bits per heavy atom. The third kappa shape index (κ3) is 4.59. The molecule has 3 heterocycles. The predicted molar refractivity (Wildman–Crippen MR) is 111 cm³/mol. The van der Waals surface area contributed by atoms with Crippen molar-refractivity contribution < 1.29 is 14.0 Å². The van der Waals surface area contributed by atoms with Gasteiger partial charge in [-0.25, -0.2) is 4.39 Å². The largest absolute Gasteiger partial charge is 0.338 e. The van der Waals surface area contributed by atoms with E-state index in [4.69, 9.17) is 0 Å². The Labute approximate surface area is 174 Å². The summed E-state index contributed by atoms with van der Waals surface area (Å²) in [5, 5.41) is 2.66. The molecule has 4 rings (SSSR count). The van der Waals surface area contributed by atoms with E-state index in [-0.39, 0.29) is 23.6 Å². The second-order valence-corrected chi connectivity index (χ2v) is 7.87. The highest BCUT2D eigenvalue weighted by atomic mass is 19.1. The molecule has 1 aromatic heterocycles. The van der Waals surface area contributed by atoms with Gasteiger partial charge in [-0.1, -0.05) is 6.42 Å². The van der Waals surface area contributed by atoms with E-state index >= 15 is 0 Å². The molecule has 0 saturated carbocycles. The summed E-state index contributed by atoms with van der Waals surface area (Å²) < 4.78 is 14.3. The zero-order valence-electron chi connectivity index (χ0n) is 16.7. The fourth-order valence-electron chi connectivity index (χ4n) is 4.15. The van der Waals surface area contributed by atoms with Crippen molar-refractivity contribution in [1.82, 2.24) is 14.4 Å². The molecule has 30 heavy (non-hydrogen) atoms. The number of piperidine rings is 1. The van der Waals surface area contributed by atoms with Gasteiger partial charge in [0.1, 0.15) is 12.4 Å². The molecule has 0 spiro atoms. The van der Waals surface area contributed by atoms with E-state index in [9.17, 15) is 18.8 Å². The van der Waals surface area contributed by atoms with Crippen LogP contribution in [0.25, 0.3) is 0 Å². The molecule has 1 atom stereocenters. The summed E-state index contributed by atoms with van der Waals surface area (Å²) in [6.45, 7) is 3.22. The van der Waals surface area contributed by atoms with E-state index in [1.54, 1.807) is 0 Å². The molecule has 8 heteroatoms. The second-order valence-electron chi connectivity index (χ2n) is 7.87. The van der Waals surface area contributed by atoms with Crippen LogP contribution < -0.4 is 10.9 Å². The summed E-state index contributed by atoms with van der Waals surface area (Å²) in [7, 11) is 0. The maximum atomic E-state index is 13.0. The number of amides is 2. The van der Waals surface area contributed by atoms with E-state index in [2.05, 4.69) is 10.2 Å². The molecule has 2 aliphatic rings. The van der Waals surface area contributed by atoms with Gasteiger partial charge in [-0.3, -0.25) is 19.3 Å². The van der Waals surface area contributed by atoms with Crippen LogP contribution in [0.4, 0.5) is 10.1 Å². The Morgan fingerprint density at radius 1 is 1.03 bits per heavy atom. The van der Waals surface area contributed by atoms with Gasteiger partial charge in [0.05, 0.1) is 5.56 Å². The third-order valence-electron chi connectivity index (χ3n) is 5.84. The quantitative estimate of drug-likeness (QED) is 0.833. The Balaban J connectivity index is 1.42. The number of anilines is 1. The summed E-state index contributed by atoms with van der Waals surface area (Å²) >= 11 is 0. The molecule has 2 aromatic rings. The van der Waals surface area contributed by atoms with Gasteiger partial charge >= 0.3 is 0 Å². The van der Waals surface area contributed by atoms with Crippen molar-refractivity contribution in [1.29, 1.82) is 0 Å². The van der Waals surface area contributed by atoms with Crippen molar-refractivity contribution in [3.8, 4) is 0 Å². The molecule has 0 bridgehead atoms. The number of halogens is 1. The van der Waals surface area contributed by atoms with Gasteiger partial charge in [0, 0.05) is 43.6 Å². The highest BCUT2D eigenvalue weighted by Crippen LogP contribution is 2.21. The van der Waals surface area contributed by atoms with Gasteiger partial charge in [0.2, 0.25) is 5.91 Å². The Hall–Kier alpha value is -3.00. The zero-order chi connectivity index (χ0) is 21.1. The van der Waals surface area contributed by atoms with Gasteiger partial charge in [0.15, 0.2) is 0 Å². The van der Waals surface area contributed by atoms with E-state index in [0.717, 1.165) is 19.5 Å². The molecule has 1 unspecified atom stereocenters. The first-order chi connectivity index (χ1) is 14.5. The fraction of sp³-hybridized carbons (Fsp3) is 0.409. The van der Waals surface area contributed by atoms with Crippen LogP contribution in [0.3, 0.4) is 0 Å². The van der Waals surface area contributed by atoms with Crippen LogP contribution in [-0.2, 0) is 11.3 Å². The molecule has 2 aliphatic heterocycles. The van der Waals surface area contributed by atoms with Crippen molar-refractivity contribution in [3.05, 3.63) is 64.3 Å². The summed E-state index contributed by atoms with van der Waals surface area (Å²) in [5.74, 6) is -0.939. The molecule has 7 nitrogen and oxygen atoms in total. The number of nitrogens with one attached hydrogen (secondary N) is 1. The SMILES string of the molecule is O=C(Nc1ccc(F)cc1)c1ccc(=O)n(CC(=O)N2CCN3CCCCC3C2)c1. The van der Waals surface area contributed by atoms with Crippen LogP contribution >= 0.6 is 0 Å². The first kappa shape index (κ1) is 20.3. The Morgan fingerprint density at radius 2 is 1.83 bits per heavy atom. The maximum Gasteiger partial charge on any atom is 0.257 e. The lowest BCUT2D eigenvalue weighted by atomic mass is 9.99. The average molecular weight is 412 g/mol. The van der Waals surface area contributed by atoms with Crippen LogP contribution in [0.1, 0.15) is 29.6 Å². The number of fused-ring (bicyclic) bond motifs is 1. The van der Waals surface area contributed by atoms with Crippen molar-refractivity contribution in [2.24, 2.45) is 0 Å². The number of rotatable bonds is 4. The standard InChI is InChI=1S/C22H25FN4O3/c23-17-5-7-18(8-6-17)24-22(30)16-4-9-20(28)27(13-16)15-21(29)26-12-11-25-10-2-1-3-19(25)14-26/h4-9,13,19H,1-3,10-12,14-15H2,(H,24,30). The second kappa shape index (κ2) is 8.79. The van der Waals surface area contributed by atoms with Crippen LogP contribution in [0.15, 0.2) is 47.4 Å². The lowest BCUT2D eigenvalue weighted by Crippen LogP contribution is -2.56. The highest BCUT2D eigenvalue weighted by Gasteiger charge is 2.31. The summed E-state index contributed by atoms with van der Waals surface area (Å²) in [5.41, 5.74) is 0.363. The first-order valence-corrected chi connectivity index (χ1v) is 10.3. The van der Waals surface area contributed by atoms with Gasteiger partial charge in [-0.05, 0) is 49.7 Å². The zero-order valence-corrected chi connectivity index (χ0v) is 16.7. The molecule has 2 amide bonds. The number of aromatic nitrogens is 1. The number of carbonyl (C=O) groups excluding carboxylic acids is 2. The highest BCUT2D eigenvalue weighted by molar-refractivity contribution is 6.04. The number of piperazine rings is 1. The monoisotopic (exact) mass is 412 g/mol. The minimum absolute atomic E-state index is 0.0940. The minimum atomic E-state index is -0.432. The first-order valence-electron chi connectivity index (χ1n) is 10.3. The number of nitrogens with zero attached hydrogens (tertiary/aromatic N) is 3. The van der Waals surface area contributed by atoms with E-state index in [0.29, 0.717) is 24.8 Å². The van der Waals surface area contributed by atoms with Crippen molar-refractivity contribution in [2.45, 2.75) is 31.8 Å². The Bertz CT molecular complexity index is 989. The number of benzene rings is 1. The van der Waals surface area contributed by atoms with Crippen molar-refractivity contribution in [3.63, 3.8) is 0 Å². The molecular weight excluding hydrogens is 387 g/mol. The van der Waals surface area contributed by atoms with Crippen molar-refractivity contribution in [2.75, 3.05) is 31.5 Å². The molecule has 0 aliphatic carbocycles. The van der Waals surface area contributed by atoms with Gasteiger partial charge in [-0.2, -0.15) is 0 Å². The van der Waals surface area contributed by atoms with Crippen molar-refractivity contribution >= 4 is 17.5 Å². The lowest BCUT2D eigenvalue weighted by molar-refractivity contribution is -0.135. The number of carbonyl (C=O) groups is 2. The van der Waals surface area contributed by atoms with E-state index < -0.39 is 11.7 Å². The van der Waals surface area contributed by atoms with Crippen LogP contribution in [0.5, 0.6) is 0 Å².